The van der Waals surface area contributed by atoms with E-state index < -0.39 is 0 Å². The SMILES string of the molecule is COc1ccc(C2CCCN2C(=O)CN(C)C2CCN(C(C)C)CC2)c(OC)c1. The van der Waals surface area contributed by atoms with Gasteiger partial charge in [-0.05, 0) is 71.8 Å². The van der Waals surface area contributed by atoms with E-state index in [9.17, 15) is 4.79 Å². The summed E-state index contributed by atoms with van der Waals surface area (Å²) in [6.07, 6.45) is 4.28. The van der Waals surface area contributed by atoms with Crippen LogP contribution in [0.4, 0.5) is 0 Å². The Balaban J connectivity index is 1.63. The summed E-state index contributed by atoms with van der Waals surface area (Å²) < 4.78 is 10.9. The molecule has 0 aliphatic carbocycles. The van der Waals surface area contributed by atoms with Gasteiger partial charge in [-0.15, -0.1) is 0 Å². The molecule has 2 heterocycles. The number of rotatable bonds is 7. The standard InChI is InChI=1S/C23H37N3O3/c1-17(2)25-13-10-18(11-14-25)24(3)16-23(27)26-12-6-7-21(26)20-9-8-19(28-4)15-22(20)29-5/h8-9,15,17-18,21H,6-7,10-14,16H2,1-5H3. The van der Waals surface area contributed by atoms with Gasteiger partial charge in [-0.3, -0.25) is 9.69 Å². The largest absolute Gasteiger partial charge is 0.497 e. The Morgan fingerprint density at radius 1 is 1.14 bits per heavy atom. The van der Waals surface area contributed by atoms with Gasteiger partial charge in [-0.1, -0.05) is 0 Å². The van der Waals surface area contributed by atoms with Crippen LogP contribution in [-0.2, 0) is 4.79 Å². The van der Waals surface area contributed by atoms with Crippen molar-refractivity contribution in [1.29, 1.82) is 0 Å². The van der Waals surface area contributed by atoms with Crippen molar-refractivity contribution in [3.8, 4) is 11.5 Å². The highest BCUT2D eigenvalue weighted by atomic mass is 16.5. The van der Waals surface area contributed by atoms with Crippen molar-refractivity contribution < 1.29 is 14.3 Å². The molecule has 0 bridgehead atoms. The number of carbonyl (C=O) groups is 1. The average molecular weight is 404 g/mol. The number of carbonyl (C=O) groups excluding carboxylic acids is 1. The minimum Gasteiger partial charge on any atom is -0.497 e. The van der Waals surface area contributed by atoms with Gasteiger partial charge in [-0.25, -0.2) is 0 Å². The number of likely N-dealkylation sites (tertiary alicyclic amines) is 2. The van der Waals surface area contributed by atoms with Gasteiger partial charge in [0.1, 0.15) is 11.5 Å². The fourth-order valence-corrected chi connectivity index (χ4v) is 4.76. The molecule has 3 rings (SSSR count). The Kier molecular flexibility index (Phi) is 7.41. The molecule has 6 nitrogen and oxygen atoms in total. The van der Waals surface area contributed by atoms with Crippen molar-refractivity contribution in [3.63, 3.8) is 0 Å². The van der Waals surface area contributed by atoms with Crippen LogP contribution in [0.25, 0.3) is 0 Å². The first kappa shape index (κ1) is 21.9. The summed E-state index contributed by atoms with van der Waals surface area (Å²) in [5, 5.41) is 0. The molecule has 0 saturated carbocycles. The lowest BCUT2D eigenvalue weighted by Crippen LogP contribution is -2.48. The number of hydrogen-bond acceptors (Lipinski definition) is 5. The third-order valence-electron chi connectivity index (χ3n) is 6.61. The van der Waals surface area contributed by atoms with Crippen LogP contribution >= 0.6 is 0 Å². The van der Waals surface area contributed by atoms with Crippen LogP contribution in [0.5, 0.6) is 11.5 Å². The molecule has 162 valence electrons. The summed E-state index contributed by atoms with van der Waals surface area (Å²) in [6, 6.07) is 7.08. The summed E-state index contributed by atoms with van der Waals surface area (Å²) in [6.45, 7) is 8.06. The van der Waals surface area contributed by atoms with E-state index in [0.29, 0.717) is 18.6 Å². The zero-order chi connectivity index (χ0) is 21.0. The maximum atomic E-state index is 13.2. The minimum absolute atomic E-state index is 0.0829. The lowest BCUT2D eigenvalue weighted by molar-refractivity contribution is -0.133. The quantitative estimate of drug-likeness (QED) is 0.700. The average Bonchev–Trinajstić information content (AvgIpc) is 3.23. The molecule has 0 spiro atoms. The smallest absolute Gasteiger partial charge is 0.237 e. The number of methoxy groups -OCH3 is 2. The Morgan fingerprint density at radius 3 is 2.48 bits per heavy atom. The molecular formula is C23H37N3O3. The fraction of sp³-hybridized carbons (Fsp3) is 0.696. The molecular weight excluding hydrogens is 366 g/mol. The minimum atomic E-state index is 0.0829. The second-order valence-electron chi connectivity index (χ2n) is 8.63. The highest BCUT2D eigenvalue weighted by molar-refractivity contribution is 5.79. The van der Waals surface area contributed by atoms with E-state index in [1.807, 2.05) is 23.1 Å². The molecule has 2 saturated heterocycles. The van der Waals surface area contributed by atoms with E-state index in [4.69, 9.17) is 9.47 Å². The molecule has 0 radical (unpaired) electrons. The second kappa shape index (κ2) is 9.81. The maximum Gasteiger partial charge on any atom is 0.237 e. The normalized spacial score (nSPS) is 21.2. The highest BCUT2D eigenvalue weighted by Crippen LogP contribution is 2.38. The molecule has 1 atom stereocenters. The maximum absolute atomic E-state index is 13.2. The molecule has 2 aliphatic rings. The first-order chi connectivity index (χ1) is 13.9. The summed E-state index contributed by atoms with van der Waals surface area (Å²) in [5.74, 6) is 1.79. The van der Waals surface area contributed by atoms with E-state index in [0.717, 1.165) is 62.4 Å². The highest BCUT2D eigenvalue weighted by Gasteiger charge is 2.33. The molecule has 0 aromatic heterocycles. The van der Waals surface area contributed by atoms with Crippen LogP contribution in [0.2, 0.25) is 0 Å². The lowest BCUT2D eigenvalue weighted by atomic mass is 10.0. The molecule has 1 unspecified atom stereocenters. The first-order valence-corrected chi connectivity index (χ1v) is 10.9. The van der Waals surface area contributed by atoms with Crippen LogP contribution in [0, 0.1) is 0 Å². The van der Waals surface area contributed by atoms with Crippen molar-refractivity contribution in [2.24, 2.45) is 0 Å². The van der Waals surface area contributed by atoms with Gasteiger partial charge in [0, 0.05) is 30.3 Å². The number of likely N-dealkylation sites (N-methyl/N-ethyl adjacent to an activating group) is 1. The molecule has 2 fully saturated rings. The molecule has 1 amide bonds. The van der Waals surface area contributed by atoms with Crippen molar-refractivity contribution in [3.05, 3.63) is 23.8 Å². The zero-order valence-electron chi connectivity index (χ0n) is 18.7. The van der Waals surface area contributed by atoms with Crippen molar-refractivity contribution in [1.82, 2.24) is 14.7 Å². The molecule has 2 aliphatic heterocycles. The number of nitrogens with zero attached hydrogens (tertiary/aromatic N) is 3. The van der Waals surface area contributed by atoms with Gasteiger partial charge in [0.05, 0.1) is 26.8 Å². The molecule has 1 aromatic carbocycles. The number of hydrogen-bond donors (Lipinski definition) is 0. The van der Waals surface area contributed by atoms with Crippen molar-refractivity contribution >= 4 is 5.91 Å². The monoisotopic (exact) mass is 403 g/mol. The molecule has 6 heteroatoms. The fourth-order valence-electron chi connectivity index (χ4n) is 4.76. The van der Waals surface area contributed by atoms with Crippen LogP contribution in [-0.4, -0.2) is 80.1 Å². The predicted molar refractivity (Wildman–Crippen MR) is 116 cm³/mol. The van der Waals surface area contributed by atoms with E-state index in [-0.39, 0.29) is 11.9 Å². The number of benzene rings is 1. The van der Waals surface area contributed by atoms with Gasteiger partial charge in [0.25, 0.3) is 0 Å². The summed E-state index contributed by atoms with van der Waals surface area (Å²) in [4.78, 5) is 20.0. The van der Waals surface area contributed by atoms with Gasteiger partial charge in [0.2, 0.25) is 5.91 Å². The predicted octanol–water partition coefficient (Wildman–Crippen LogP) is 3.17. The number of piperidine rings is 1. The lowest BCUT2D eigenvalue weighted by Gasteiger charge is -2.39. The Hall–Kier alpha value is -1.79. The molecule has 1 aromatic rings. The van der Waals surface area contributed by atoms with Crippen LogP contribution in [0.15, 0.2) is 18.2 Å². The molecule has 0 N–H and O–H groups in total. The van der Waals surface area contributed by atoms with Crippen LogP contribution in [0.1, 0.15) is 51.1 Å². The zero-order valence-corrected chi connectivity index (χ0v) is 18.7. The topological polar surface area (TPSA) is 45.2 Å². The van der Waals surface area contributed by atoms with E-state index >= 15 is 0 Å². The van der Waals surface area contributed by atoms with Crippen LogP contribution < -0.4 is 9.47 Å². The van der Waals surface area contributed by atoms with E-state index in [1.54, 1.807) is 14.2 Å². The summed E-state index contributed by atoms with van der Waals surface area (Å²) in [7, 11) is 5.44. The number of amides is 1. The van der Waals surface area contributed by atoms with E-state index in [1.165, 1.54) is 0 Å². The van der Waals surface area contributed by atoms with Crippen molar-refractivity contribution in [2.45, 2.75) is 57.7 Å². The van der Waals surface area contributed by atoms with Gasteiger partial charge in [0.15, 0.2) is 0 Å². The third kappa shape index (κ3) is 5.04. The Bertz CT molecular complexity index is 686. The Labute approximate surface area is 175 Å². The summed E-state index contributed by atoms with van der Waals surface area (Å²) >= 11 is 0. The third-order valence-corrected chi connectivity index (χ3v) is 6.61. The van der Waals surface area contributed by atoms with Gasteiger partial charge >= 0.3 is 0 Å². The van der Waals surface area contributed by atoms with Gasteiger partial charge < -0.3 is 19.3 Å². The molecule has 29 heavy (non-hydrogen) atoms. The van der Waals surface area contributed by atoms with E-state index in [2.05, 4.69) is 30.7 Å². The Morgan fingerprint density at radius 2 is 1.86 bits per heavy atom. The first-order valence-electron chi connectivity index (χ1n) is 10.9. The second-order valence-corrected chi connectivity index (χ2v) is 8.63. The van der Waals surface area contributed by atoms with Gasteiger partial charge in [-0.2, -0.15) is 0 Å². The number of ether oxygens (including phenoxy) is 2. The summed E-state index contributed by atoms with van der Waals surface area (Å²) in [5.41, 5.74) is 1.08. The van der Waals surface area contributed by atoms with Crippen molar-refractivity contribution in [2.75, 3.05) is 47.4 Å². The van der Waals surface area contributed by atoms with Crippen LogP contribution in [0.3, 0.4) is 0 Å².